The van der Waals surface area contributed by atoms with Crippen LogP contribution in [0.3, 0.4) is 0 Å². The SMILES string of the molecule is CC(=O)c1ccc(N=Nc2c(C(=O)O)nc3c(C)cccn23)cc1. The number of pyridine rings is 1. The molecule has 120 valence electrons. The predicted octanol–water partition coefficient (Wildman–Crippen LogP) is 3.96. The first-order valence-electron chi connectivity index (χ1n) is 7.21. The molecule has 0 aliphatic heterocycles. The van der Waals surface area contributed by atoms with E-state index < -0.39 is 5.97 Å². The third-order valence-corrected chi connectivity index (χ3v) is 3.56. The van der Waals surface area contributed by atoms with Gasteiger partial charge >= 0.3 is 5.97 Å². The van der Waals surface area contributed by atoms with Gasteiger partial charge in [0.05, 0.1) is 5.69 Å². The molecule has 0 spiro atoms. The number of carboxylic acids is 1. The third kappa shape index (κ3) is 2.79. The number of rotatable bonds is 4. The van der Waals surface area contributed by atoms with Crippen LogP contribution in [0.4, 0.5) is 11.5 Å². The molecule has 2 heterocycles. The number of aryl methyl sites for hydroxylation is 1. The van der Waals surface area contributed by atoms with Gasteiger partial charge in [-0.15, -0.1) is 10.2 Å². The van der Waals surface area contributed by atoms with E-state index in [1.807, 2.05) is 13.0 Å². The highest BCUT2D eigenvalue weighted by atomic mass is 16.4. The molecule has 3 rings (SSSR count). The van der Waals surface area contributed by atoms with Crippen LogP contribution in [0.25, 0.3) is 5.65 Å². The number of imidazole rings is 1. The zero-order chi connectivity index (χ0) is 17.3. The van der Waals surface area contributed by atoms with E-state index in [-0.39, 0.29) is 17.3 Å². The monoisotopic (exact) mass is 322 g/mol. The first-order chi connectivity index (χ1) is 11.5. The molecule has 0 aliphatic rings. The molecular weight excluding hydrogens is 308 g/mol. The highest BCUT2D eigenvalue weighted by Gasteiger charge is 2.19. The van der Waals surface area contributed by atoms with Crippen LogP contribution in [0.2, 0.25) is 0 Å². The lowest BCUT2D eigenvalue weighted by Crippen LogP contribution is -1.96. The second-order valence-electron chi connectivity index (χ2n) is 5.28. The Kier molecular flexibility index (Phi) is 3.91. The average molecular weight is 322 g/mol. The number of azo groups is 1. The number of aromatic nitrogens is 2. The summed E-state index contributed by atoms with van der Waals surface area (Å²) in [6.45, 7) is 3.33. The molecule has 7 heteroatoms. The first kappa shape index (κ1) is 15.5. The second-order valence-corrected chi connectivity index (χ2v) is 5.28. The maximum absolute atomic E-state index is 11.4. The maximum Gasteiger partial charge on any atom is 0.358 e. The summed E-state index contributed by atoms with van der Waals surface area (Å²) in [5, 5.41) is 17.5. The van der Waals surface area contributed by atoms with E-state index in [9.17, 15) is 14.7 Å². The van der Waals surface area contributed by atoms with Crippen molar-refractivity contribution in [2.75, 3.05) is 0 Å². The van der Waals surface area contributed by atoms with Crippen LogP contribution in [-0.2, 0) is 0 Å². The van der Waals surface area contributed by atoms with Crippen LogP contribution < -0.4 is 0 Å². The van der Waals surface area contributed by atoms with Gasteiger partial charge in [0.2, 0.25) is 0 Å². The molecule has 0 saturated heterocycles. The number of ketones is 1. The number of benzene rings is 1. The van der Waals surface area contributed by atoms with E-state index in [0.29, 0.717) is 16.9 Å². The molecule has 24 heavy (non-hydrogen) atoms. The molecule has 2 aromatic heterocycles. The summed E-state index contributed by atoms with van der Waals surface area (Å²) in [7, 11) is 0. The molecule has 0 fully saturated rings. The lowest BCUT2D eigenvalue weighted by Gasteiger charge is -1.99. The van der Waals surface area contributed by atoms with Crippen LogP contribution in [0.5, 0.6) is 0 Å². The summed E-state index contributed by atoms with van der Waals surface area (Å²) >= 11 is 0. The van der Waals surface area contributed by atoms with E-state index in [0.717, 1.165) is 5.56 Å². The minimum atomic E-state index is -1.17. The molecule has 1 aromatic carbocycles. The van der Waals surface area contributed by atoms with Gasteiger partial charge in [0.15, 0.2) is 17.3 Å². The highest BCUT2D eigenvalue weighted by molar-refractivity contribution is 5.94. The van der Waals surface area contributed by atoms with Gasteiger partial charge in [-0.1, -0.05) is 6.07 Å². The topological polar surface area (TPSA) is 96.4 Å². The molecular formula is C17H14N4O3. The minimum Gasteiger partial charge on any atom is -0.476 e. The number of fused-ring (bicyclic) bond motifs is 1. The molecule has 0 radical (unpaired) electrons. The van der Waals surface area contributed by atoms with Gasteiger partial charge in [-0.05, 0) is 49.7 Å². The van der Waals surface area contributed by atoms with Crippen LogP contribution in [0, 0.1) is 6.92 Å². The maximum atomic E-state index is 11.4. The summed E-state index contributed by atoms with van der Waals surface area (Å²) in [6, 6.07) is 10.2. The normalized spacial score (nSPS) is 11.2. The molecule has 0 aliphatic carbocycles. The Hall–Kier alpha value is -3.35. The van der Waals surface area contributed by atoms with Crippen LogP contribution in [-0.4, -0.2) is 26.2 Å². The zero-order valence-corrected chi connectivity index (χ0v) is 13.1. The number of carbonyl (C=O) groups is 2. The highest BCUT2D eigenvalue weighted by Crippen LogP contribution is 2.25. The largest absolute Gasteiger partial charge is 0.476 e. The molecule has 0 unspecified atom stereocenters. The minimum absolute atomic E-state index is 0.0380. The Balaban J connectivity index is 2.05. The fourth-order valence-electron chi connectivity index (χ4n) is 2.30. The first-order valence-corrected chi connectivity index (χ1v) is 7.21. The number of carbonyl (C=O) groups excluding carboxylic acids is 1. The summed E-state index contributed by atoms with van der Waals surface area (Å²) < 4.78 is 1.59. The van der Waals surface area contributed by atoms with Crippen molar-refractivity contribution < 1.29 is 14.7 Å². The van der Waals surface area contributed by atoms with E-state index in [1.54, 1.807) is 40.9 Å². The molecule has 3 aromatic rings. The van der Waals surface area contributed by atoms with Gasteiger partial charge in [-0.25, -0.2) is 9.78 Å². The van der Waals surface area contributed by atoms with E-state index in [2.05, 4.69) is 15.2 Å². The van der Waals surface area contributed by atoms with Crippen molar-refractivity contribution in [3.05, 3.63) is 59.4 Å². The zero-order valence-electron chi connectivity index (χ0n) is 13.1. The van der Waals surface area contributed by atoms with Crippen molar-refractivity contribution in [3.63, 3.8) is 0 Å². The van der Waals surface area contributed by atoms with Gasteiger partial charge in [0, 0.05) is 11.8 Å². The van der Waals surface area contributed by atoms with E-state index in [1.165, 1.54) is 6.92 Å². The van der Waals surface area contributed by atoms with Crippen molar-refractivity contribution in [2.45, 2.75) is 13.8 Å². The van der Waals surface area contributed by atoms with Crippen molar-refractivity contribution in [1.82, 2.24) is 9.38 Å². The summed E-state index contributed by atoms with van der Waals surface area (Å²) in [5.74, 6) is -1.06. The number of hydrogen-bond donors (Lipinski definition) is 1. The quantitative estimate of drug-likeness (QED) is 0.581. The van der Waals surface area contributed by atoms with Gasteiger partial charge in [-0.2, -0.15) is 0 Å². The Morgan fingerprint density at radius 2 is 1.83 bits per heavy atom. The second kappa shape index (κ2) is 6.04. The summed E-state index contributed by atoms with van der Waals surface area (Å²) in [5.41, 5.74) is 2.29. The number of carboxylic acid groups (broad SMARTS) is 1. The van der Waals surface area contributed by atoms with Gasteiger partial charge in [-0.3, -0.25) is 9.20 Å². The molecule has 0 amide bonds. The summed E-state index contributed by atoms with van der Waals surface area (Å²) in [4.78, 5) is 26.8. The molecule has 0 bridgehead atoms. The van der Waals surface area contributed by atoms with Crippen LogP contribution >= 0.6 is 0 Å². The number of aromatic carboxylic acids is 1. The number of Topliss-reactive ketones (excluding diaryl/α,β-unsaturated/α-hetero) is 1. The summed E-state index contributed by atoms with van der Waals surface area (Å²) in [6.07, 6.45) is 1.69. The van der Waals surface area contributed by atoms with Gasteiger partial charge < -0.3 is 5.11 Å². The lowest BCUT2D eigenvalue weighted by atomic mass is 10.1. The number of hydrogen-bond acceptors (Lipinski definition) is 5. The van der Waals surface area contributed by atoms with E-state index >= 15 is 0 Å². The van der Waals surface area contributed by atoms with Crippen LogP contribution in [0.15, 0.2) is 52.8 Å². The van der Waals surface area contributed by atoms with E-state index in [4.69, 9.17) is 0 Å². The van der Waals surface area contributed by atoms with Crippen LogP contribution in [0.1, 0.15) is 33.3 Å². The average Bonchev–Trinajstić information content (AvgIpc) is 2.93. The lowest BCUT2D eigenvalue weighted by molar-refractivity contribution is 0.0692. The standard InChI is InChI=1S/C17H14N4O3/c1-10-4-3-9-21-15(10)18-14(17(23)24)16(21)20-19-13-7-5-12(6-8-13)11(2)22/h3-9H,1-2H3,(H,23,24). The molecule has 0 saturated carbocycles. The van der Waals surface area contributed by atoms with Gasteiger partial charge in [0.1, 0.15) is 5.65 Å². The Morgan fingerprint density at radius 1 is 1.12 bits per heavy atom. The molecule has 1 N–H and O–H groups in total. The van der Waals surface area contributed by atoms with Crippen molar-refractivity contribution in [3.8, 4) is 0 Å². The predicted molar refractivity (Wildman–Crippen MR) is 87.5 cm³/mol. The fourth-order valence-corrected chi connectivity index (χ4v) is 2.30. The Labute approximate surface area is 137 Å². The Morgan fingerprint density at radius 3 is 2.46 bits per heavy atom. The van der Waals surface area contributed by atoms with Crippen molar-refractivity contribution in [1.29, 1.82) is 0 Å². The molecule has 7 nitrogen and oxygen atoms in total. The van der Waals surface area contributed by atoms with Crippen molar-refractivity contribution >= 4 is 28.9 Å². The molecule has 0 atom stereocenters. The third-order valence-electron chi connectivity index (χ3n) is 3.56. The fraction of sp³-hybridized carbons (Fsp3) is 0.118. The van der Waals surface area contributed by atoms with Crippen molar-refractivity contribution in [2.24, 2.45) is 10.2 Å². The smallest absolute Gasteiger partial charge is 0.358 e. The number of nitrogens with zero attached hydrogens (tertiary/aromatic N) is 4. The Bertz CT molecular complexity index is 971. The van der Waals surface area contributed by atoms with Gasteiger partial charge in [0.25, 0.3) is 0 Å².